The summed E-state index contributed by atoms with van der Waals surface area (Å²) in [6.45, 7) is 3.81. The topological polar surface area (TPSA) is 71.1 Å². The van der Waals surface area contributed by atoms with Crippen LogP contribution in [0.1, 0.15) is 34.5 Å². The Bertz CT molecular complexity index is 736. The van der Waals surface area contributed by atoms with E-state index in [-0.39, 0.29) is 17.7 Å². The van der Waals surface area contributed by atoms with Gasteiger partial charge < -0.3 is 0 Å². The van der Waals surface area contributed by atoms with Gasteiger partial charge in [-0.1, -0.05) is 11.6 Å². The van der Waals surface area contributed by atoms with Gasteiger partial charge in [-0.2, -0.15) is 0 Å². The fourth-order valence-electron chi connectivity index (χ4n) is 2.29. The van der Waals surface area contributed by atoms with E-state index in [4.69, 9.17) is 0 Å². The van der Waals surface area contributed by atoms with Crippen LogP contribution in [-0.4, -0.2) is 16.8 Å². The molecule has 2 amide bonds. The van der Waals surface area contributed by atoms with Gasteiger partial charge in [-0.05, 0) is 44.9 Å². The van der Waals surface area contributed by atoms with Gasteiger partial charge in [0.1, 0.15) is 0 Å². The lowest BCUT2D eigenvalue weighted by molar-refractivity contribution is -0.123. The predicted molar refractivity (Wildman–Crippen MR) is 79.5 cm³/mol. The quantitative estimate of drug-likeness (QED) is 0.828. The second-order valence-electron chi connectivity index (χ2n) is 5.55. The van der Waals surface area contributed by atoms with Crippen LogP contribution in [-0.2, 0) is 4.79 Å². The van der Waals surface area contributed by atoms with Crippen molar-refractivity contribution in [2.45, 2.75) is 26.7 Å². The summed E-state index contributed by atoms with van der Waals surface area (Å²) >= 11 is 0. The second-order valence-corrected chi connectivity index (χ2v) is 5.55. The summed E-state index contributed by atoms with van der Waals surface area (Å²) in [5, 5.41) is 0.791. The molecule has 1 fully saturated rings. The lowest BCUT2D eigenvalue weighted by atomic mass is 10.0. The zero-order valence-electron chi connectivity index (χ0n) is 12.1. The molecule has 1 aromatic heterocycles. The summed E-state index contributed by atoms with van der Waals surface area (Å²) in [5.74, 6) is -0.372. The maximum atomic E-state index is 12.3. The Morgan fingerprint density at radius 2 is 1.90 bits per heavy atom. The highest BCUT2D eigenvalue weighted by Crippen LogP contribution is 2.28. The lowest BCUT2D eigenvalue weighted by Crippen LogP contribution is -2.42. The van der Waals surface area contributed by atoms with Crippen molar-refractivity contribution in [1.82, 2.24) is 15.8 Å². The molecule has 5 heteroatoms. The van der Waals surface area contributed by atoms with Crippen LogP contribution in [0.4, 0.5) is 0 Å². The molecule has 2 N–H and O–H groups in total. The monoisotopic (exact) mass is 283 g/mol. The number of nitrogens with one attached hydrogen (secondary N) is 2. The number of benzene rings is 1. The molecular weight excluding hydrogens is 266 g/mol. The second kappa shape index (κ2) is 5.16. The van der Waals surface area contributed by atoms with Gasteiger partial charge in [0.25, 0.3) is 5.91 Å². The molecule has 1 aliphatic rings. The first-order chi connectivity index (χ1) is 10.0. The number of carbonyl (C=O) groups excluding carboxylic acids is 2. The Morgan fingerprint density at radius 3 is 2.62 bits per heavy atom. The molecule has 1 heterocycles. The van der Waals surface area contributed by atoms with Crippen LogP contribution in [0.5, 0.6) is 0 Å². The summed E-state index contributed by atoms with van der Waals surface area (Å²) in [7, 11) is 0. The van der Waals surface area contributed by atoms with Crippen LogP contribution in [0.3, 0.4) is 0 Å². The molecule has 0 spiro atoms. The minimum atomic E-state index is -0.315. The largest absolute Gasteiger partial charge is 0.273 e. The first-order valence-corrected chi connectivity index (χ1v) is 7.03. The van der Waals surface area contributed by atoms with Crippen molar-refractivity contribution in [2.75, 3.05) is 0 Å². The van der Waals surface area contributed by atoms with Crippen molar-refractivity contribution < 1.29 is 9.59 Å². The maximum Gasteiger partial charge on any atom is 0.270 e. The van der Waals surface area contributed by atoms with Crippen LogP contribution < -0.4 is 10.9 Å². The number of hydrogen-bond acceptors (Lipinski definition) is 3. The molecule has 0 atom stereocenters. The third-order valence-corrected chi connectivity index (χ3v) is 3.58. The summed E-state index contributed by atoms with van der Waals surface area (Å²) in [4.78, 5) is 28.3. The first-order valence-electron chi connectivity index (χ1n) is 7.03. The molecule has 21 heavy (non-hydrogen) atoms. The standard InChI is InChI=1S/C16H17N3O2/c1-9-3-6-14-12(7-9)13(8-10(2)17-14)16(21)19-18-15(20)11-4-5-11/h3,6-8,11H,4-5H2,1-2H3,(H,18,20)(H,19,21). The molecule has 2 aromatic rings. The van der Waals surface area contributed by atoms with Crippen molar-refractivity contribution in [3.63, 3.8) is 0 Å². The molecule has 1 aromatic carbocycles. The van der Waals surface area contributed by atoms with Gasteiger partial charge in [0, 0.05) is 17.0 Å². The van der Waals surface area contributed by atoms with E-state index >= 15 is 0 Å². The van der Waals surface area contributed by atoms with E-state index in [9.17, 15) is 9.59 Å². The van der Waals surface area contributed by atoms with Crippen molar-refractivity contribution in [3.05, 3.63) is 41.1 Å². The number of carbonyl (C=O) groups is 2. The molecule has 3 rings (SSSR count). The minimum Gasteiger partial charge on any atom is -0.273 e. The summed E-state index contributed by atoms with van der Waals surface area (Å²) in [5.41, 5.74) is 8.11. The molecule has 1 saturated carbocycles. The van der Waals surface area contributed by atoms with Gasteiger partial charge in [0.15, 0.2) is 0 Å². The maximum absolute atomic E-state index is 12.3. The zero-order valence-corrected chi connectivity index (χ0v) is 12.1. The first kappa shape index (κ1) is 13.5. The summed E-state index contributed by atoms with van der Waals surface area (Å²) < 4.78 is 0. The molecule has 0 unspecified atom stereocenters. The Morgan fingerprint density at radius 1 is 1.14 bits per heavy atom. The number of amides is 2. The Labute approximate surface area is 122 Å². The van der Waals surface area contributed by atoms with Gasteiger partial charge in [0.05, 0.1) is 11.1 Å². The highest BCUT2D eigenvalue weighted by atomic mass is 16.2. The molecule has 0 saturated heterocycles. The molecule has 0 bridgehead atoms. The number of rotatable bonds is 2. The number of hydrazine groups is 1. The van der Waals surface area contributed by atoms with E-state index in [1.807, 2.05) is 32.0 Å². The van der Waals surface area contributed by atoms with Gasteiger partial charge >= 0.3 is 0 Å². The third kappa shape index (κ3) is 2.86. The van der Waals surface area contributed by atoms with Crippen molar-refractivity contribution in [2.24, 2.45) is 5.92 Å². The normalized spacial score (nSPS) is 14.0. The number of nitrogens with zero attached hydrogens (tertiary/aromatic N) is 1. The number of aromatic nitrogens is 1. The lowest BCUT2D eigenvalue weighted by Gasteiger charge is -2.10. The number of pyridine rings is 1. The zero-order chi connectivity index (χ0) is 15.0. The molecule has 0 radical (unpaired) electrons. The third-order valence-electron chi connectivity index (χ3n) is 3.58. The number of aryl methyl sites for hydroxylation is 2. The van der Waals surface area contributed by atoms with Crippen LogP contribution >= 0.6 is 0 Å². The Balaban J connectivity index is 1.88. The van der Waals surface area contributed by atoms with Gasteiger partial charge in [-0.3, -0.25) is 25.4 Å². The fourth-order valence-corrected chi connectivity index (χ4v) is 2.29. The minimum absolute atomic E-state index is 0.0588. The van der Waals surface area contributed by atoms with Crippen LogP contribution in [0.15, 0.2) is 24.3 Å². The highest BCUT2D eigenvalue weighted by molar-refractivity contribution is 6.06. The van der Waals surface area contributed by atoms with Gasteiger partial charge in [0.2, 0.25) is 5.91 Å². The molecule has 0 aliphatic heterocycles. The average Bonchev–Trinajstić information content (AvgIpc) is 3.28. The van der Waals surface area contributed by atoms with Gasteiger partial charge in [-0.25, -0.2) is 0 Å². The van der Waals surface area contributed by atoms with E-state index in [1.165, 1.54) is 0 Å². The smallest absolute Gasteiger partial charge is 0.270 e. The SMILES string of the molecule is Cc1ccc2nc(C)cc(C(=O)NNC(=O)C3CC3)c2c1. The van der Waals surface area contributed by atoms with Crippen LogP contribution in [0, 0.1) is 19.8 Å². The number of hydrogen-bond donors (Lipinski definition) is 2. The molecule has 108 valence electrons. The Hall–Kier alpha value is -2.43. The predicted octanol–water partition coefficient (Wildman–Crippen LogP) is 2.02. The van der Waals surface area contributed by atoms with Crippen LogP contribution in [0.25, 0.3) is 10.9 Å². The molecule has 5 nitrogen and oxygen atoms in total. The molecular formula is C16H17N3O2. The van der Waals surface area contributed by atoms with Crippen molar-refractivity contribution >= 4 is 22.7 Å². The van der Waals surface area contributed by atoms with E-state index in [2.05, 4.69) is 15.8 Å². The van der Waals surface area contributed by atoms with E-state index in [1.54, 1.807) is 6.07 Å². The highest BCUT2D eigenvalue weighted by Gasteiger charge is 2.29. The van der Waals surface area contributed by atoms with Crippen LogP contribution in [0.2, 0.25) is 0 Å². The van der Waals surface area contributed by atoms with Crippen molar-refractivity contribution in [3.8, 4) is 0 Å². The van der Waals surface area contributed by atoms with E-state index < -0.39 is 0 Å². The molecule has 1 aliphatic carbocycles. The van der Waals surface area contributed by atoms with Crippen molar-refractivity contribution in [1.29, 1.82) is 0 Å². The Kier molecular flexibility index (Phi) is 3.33. The summed E-state index contributed by atoms with van der Waals surface area (Å²) in [6.07, 6.45) is 1.80. The number of fused-ring (bicyclic) bond motifs is 1. The van der Waals surface area contributed by atoms with E-state index in [0.717, 1.165) is 35.0 Å². The summed E-state index contributed by atoms with van der Waals surface area (Å²) in [6, 6.07) is 7.53. The van der Waals surface area contributed by atoms with Gasteiger partial charge in [-0.15, -0.1) is 0 Å². The fraction of sp³-hybridized carbons (Fsp3) is 0.312. The average molecular weight is 283 g/mol. The van der Waals surface area contributed by atoms with E-state index in [0.29, 0.717) is 5.56 Å².